The minimum atomic E-state index is -0.217. The largest absolute Gasteiger partial charge is 0.351 e. The summed E-state index contributed by atoms with van der Waals surface area (Å²) in [5, 5.41) is 14.7. The molecular formula is C23H28N6O. The smallest absolute Gasteiger partial charge is 0.237 e. The van der Waals surface area contributed by atoms with Crippen LogP contribution in [0.4, 0.5) is 0 Å². The Morgan fingerprint density at radius 1 is 1.10 bits per heavy atom. The van der Waals surface area contributed by atoms with Crippen molar-refractivity contribution in [3.05, 3.63) is 76.6 Å². The summed E-state index contributed by atoms with van der Waals surface area (Å²) in [6.07, 6.45) is 2.32. The molecule has 2 atom stereocenters. The Morgan fingerprint density at radius 3 is 2.57 bits per heavy atom. The third-order valence-electron chi connectivity index (χ3n) is 5.88. The lowest BCUT2D eigenvalue weighted by molar-refractivity contribution is -0.125. The summed E-state index contributed by atoms with van der Waals surface area (Å²) in [4.78, 5) is 15.4. The summed E-state index contributed by atoms with van der Waals surface area (Å²) >= 11 is 0. The van der Waals surface area contributed by atoms with Crippen molar-refractivity contribution in [3.63, 3.8) is 0 Å². The first-order chi connectivity index (χ1) is 14.5. The summed E-state index contributed by atoms with van der Waals surface area (Å²) in [5.41, 5.74) is 6.06. The van der Waals surface area contributed by atoms with Crippen LogP contribution in [0.2, 0.25) is 0 Å². The fraction of sp³-hybridized carbons (Fsp3) is 0.391. The maximum absolute atomic E-state index is 13.1. The second-order valence-corrected chi connectivity index (χ2v) is 8.26. The molecule has 30 heavy (non-hydrogen) atoms. The Labute approximate surface area is 177 Å². The van der Waals surface area contributed by atoms with Crippen LogP contribution in [0.3, 0.4) is 0 Å². The second-order valence-electron chi connectivity index (χ2n) is 8.26. The first-order valence-electron chi connectivity index (χ1n) is 10.4. The van der Waals surface area contributed by atoms with E-state index in [1.165, 1.54) is 22.3 Å². The van der Waals surface area contributed by atoms with Crippen molar-refractivity contribution in [2.45, 2.75) is 52.4 Å². The first kappa shape index (κ1) is 20.2. The van der Waals surface area contributed by atoms with Crippen LogP contribution >= 0.6 is 0 Å². The zero-order valence-electron chi connectivity index (χ0n) is 17.7. The van der Waals surface area contributed by atoms with E-state index >= 15 is 0 Å². The van der Waals surface area contributed by atoms with Crippen LogP contribution in [0.25, 0.3) is 0 Å². The van der Waals surface area contributed by atoms with Gasteiger partial charge in [-0.25, -0.2) is 4.68 Å². The number of carbonyl (C=O) groups excluding carboxylic acids is 1. The number of benzene rings is 2. The number of tetrazole rings is 1. The van der Waals surface area contributed by atoms with Crippen molar-refractivity contribution in [1.29, 1.82) is 0 Å². The molecule has 1 N–H and O–H groups in total. The van der Waals surface area contributed by atoms with E-state index in [1.807, 2.05) is 0 Å². The summed E-state index contributed by atoms with van der Waals surface area (Å²) in [6, 6.07) is 14.6. The van der Waals surface area contributed by atoms with Crippen LogP contribution in [0.15, 0.2) is 48.8 Å². The molecule has 0 bridgehead atoms. The van der Waals surface area contributed by atoms with Gasteiger partial charge in [-0.15, -0.1) is 5.10 Å². The van der Waals surface area contributed by atoms with Gasteiger partial charge in [-0.05, 0) is 54.3 Å². The van der Waals surface area contributed by atoms with E-state index in [0.717, 1.165) is 18.7 Å². The van der Waals surface area contributed by atoms with Crippen molar-refractivity contribution >= 4 is 5.91 Å². The van der Waals surface area contributed by atoms with Crippen LogP contribution in [0, 0.1) is 20.8 Å². The van der Waals surface area contributed by atoms with Gasteiger partial charge in [0.1, 0.15) is 6.33 Å². The van der Waals surface area contributed by atoms with Gasteiger partial charge in [0.05, 0.1) is 12.1 Å². The van der Waals surface area contributed by atoms with E-state index in [4.69, 9.17) is 0 Å². The predicted molar refractivity (Wildman–Crippen MR) is 115 cm³/mol. The van der Waals surface area contributed by atoms with Gasteiger partial charge in [0.15, 0.2) is 0 Å². The zero-order valence-corrected chi connectivity index (χ0v) is 17.7. The number of nitrogens with zero attached hydrogens (tertiary/aromatic N) is 5. The molecule has 1 fully saturated rings. The molecule has 0 spiro atoms. The molecule has 7 heteroatoms. The molecule has 0 unspecified atom stereocenters. The van der Waals surface area contributed by atoms with Gasteiger partial charge in [-0.1, -0.05) is 53.6 Å². The van der Waals surface area contributed by atoms with Gasteiger partial charge in [-0.3, -0.25) is 9.69 Å². The lowest BCUT2D eigenvalue weighted by Crippen LogP contribution is -2.42. The Kier molecular flexibility index (Phi) is 5.90. The third kappa shape index (κ3) is 4.57. The molecule has 4 rings (SSSR count). The van der Waals surface area contributed by atoms with E-state index < -0.39 is 0 Å². The molecule has 1 aliphatic rings. The molecule has 0 saturated carbocycles. The number of rotatable bonds is 6. The number of likely N-dealkylation sites (tertiary alicyclic amines) is 1. The fourth-order valence-electron chi connectivity index (χ4n) is 4.11. The van der Waals surface area contributed by atoms with Gasteiger partial charge in [0, 0.05) is 19.6 Å². The number of nitrogens with one attached hydrogen (secondary N) is 1. The highest BCUT2D eigenvalue weighted by Crippen LogP contribution is 2.29. The Bertz CT molecular complexity index is 999. The van der Waals surface area contributed by atoms with Crippen molar-refractivity contribution < 1.29 is 4.79 Å². The highest BCUT2D eigenvalue weighted by Gasteiger charge is 2.38. The van der Waals surface area contributed by atoms with Gasteiger partial charge < -0.3 is 5.32 Å². The minimum Gasteiger partial charge on any atom is -0.351 e. The van der Waals surface area contributed by atoms with Crippen LogP contribution in [-0.2, 0) is 17.9 Å². The third-order valence-corrected chi connectivity index (χ3v) is 5.88. The zero-order chi connectivity index (χ0) is 21.1. The van der Waals surface area contributed by atoms with E-state index in [0.29, 0.717) is 13.0 Å². The van der Waals surface area contributed by atoms with Gasteiger partial charge in [0.2, 0.25) is 5.91 Å². The average Bonchev–Trinajstić information content (AvgIpc) is 3.39. The summed E-state index contributed by atoms with van der Waals surface area (Å²) in [7, 11) is 0. The molecule has 1 aliphatic heterocycles. The highest BCUT2D eigenvalue weighted by atomic mass is 16.2. The van der Waals surface area contributed by atoms with Gasteiger partial charge in [-0.2, -0.15) is 0 Å². The van der Waals surface area contributed by atoms with Gasteiger partial charge >= 0.3 is 0 Å². The van der Waals surface area contributed by atoms with E-state index in [1.54, 1.807) is 11.0 Å². The molecule has 0 radical (unpaired) electrons. The molecule has 0 aliphatic carbocycles. The Hall–Kier alpha value is -3.06. The predicted octanol–water partition coefficient (Wildman–Crippen LogP) is 2.73. The number of aromatic nitrogens is 4. The monoisotopic (exact) mass is 404 g/mol. The van der Waals surface area contributed by atoms with Crippen molar-refractivity contribution in [2.75, 3.05) is 6.54 Å². The Morgan fingerprint density at radius 2 is 1.87 bits per heavy atom. The maximum atomic E-state index is 13.1. The second kappa shape index (κ2) is 8.75. The summed E-state index contributed by atoms with van der Waals surface area (Å²) in [5.74, 6) is 0.0518. The standard InChI is InChI=1S/C23H28N6O/c1-16-4-7-19(8-5-16)12-24-23(30)22-11-21(29-15-25-26-27-29)14-28(22)13-20-9-6-17(2)10-18(20)3/h4-10,15,21-22H,11-14H2,1-3H3,(H,24,30)/t21-,22-/m0/s1. The number of aryl methyl sites for hydroxylation is 3. The lowest BCUT2D eigenvalue weighted by atomic mass is 10.0. The van der Waals surface area contributed by atoms with E-state index in [-0.39, 0.29) is 18.0 Å². The van der Waals surface area contributed by atoms with Crippen molar-refractivity contribution in [3.8, 4) is 0 Å². The van der Waals surface area contributed by atoms with E-state index in [9.17, 15) is 4.79 Å². The van der Waals surface area contributed by atoms with E-state index in [2.05, 4.69) is 89.0 Å². The summed E-state index contributed by atoms with van der Waals surface area (Å²) in [6.45, 7) is 8.28. The average molecular weight is 405 g/mol. The first-order valence-corrected chi connectivity index (χ1v) is 10.4. The molecule has 2 aromatic carbocycles. The molecule has 2 heterocycles. The number of amides is 1. The number of hydrogen-bond acceptors (Lipinski definition) is 5. The molecule has 7 nitrogen and oxygen atoms in total. The molecule has 1 amide bonds. The minimum absolute atomic E-state index is 0.0518. The molecule has 1 saturated heterocycles. The molecule has 3 aromatic rings. The SMILES string of the molecule is Cc1ccc(CNC(=O)[C@@H]2C[C@H](n3cnnn3)CN2Cc2ccc(C)cc2C)cc1. The topological polar surface area (TPSA) is 75.9 Å². The normalized spacial score (nSPS) is 19.2. The van der Waals surface area contributed by atoms with Gasteiger partial charge in [0.25, 0.3) is 0 Å². The Balaban J connectivity index is 1.49. The number of carbonyl (C=O) groups is 1. The van der Waals surface area contributed by atoms with Crippen LogP contribution in [0.1, 0.15) is 40.3 Å². The van der Waals surface area contributed by atoms with Crippen LogP contribution in [-0.4, -0.2) is 43.6 Å². The van der Waals surface area contributed by atoms with Crippen LogP contribution in [0.5, 0.6) is 0 Å². The fourth-order valence-corrected chi connectivity index (χ4v) is 4.11. The number of hydrogen-bond donors (Lipinski definition) is 1. The van der Waals surface area contributed by atoms with Crippen molar-refractivity contribution in [2.24, 2.45) is 0 Å². The highest BCUT2D eigenvalue weighted by molar-refractivity contribution is 5.82. The molecule has 156 valence electrons. The summed E-state index contributed by atoms with van der Waals surface area (Å²) < 4.78 is 1.77. The van der Waals surface area contributed by atoms with Crippen molar-refractivity contribution in [1.82, 2.24) is 30.4 Å². The van der Waals surface area contributed by atoms with Crippen LogP contribution < -0.4 is 5.32 Å². The quantitative estimate of drug-likeness (QED) is 0.684. The molecular weight excluding hydrogens is 376 g/mol. The molecule has 1 aromatic heterocycles. The maximum Gasteiger partial charge on any atom is 0.237 e. The lowest BCUT2D eigenvalue weighted by Gasteiger charge is -2.24.